The Kier molecular flexibility index (Phi) is 4.59. The van der Waals surface area contributed by atoms with Crippen LogP contribution >= 0.6 is 0 Å². The minimum Gasteiger partial charge on any atom is -0.378 e. The summed E-state index contributed by atoms with van der Waals surface area (Å²) in [5, 5.41) is 0. The van der Waals surface area contributed by atoms with Crippen LogP contribution in [0.1, 0.15) is 17.4 Å². The van der Waals surface area contributed by atoms with E-state index in [-0.39, 0.29) is 11.9 Å². The molecule has 1 aliphatic rings. The second-order valence-corrected chi connectivity index (χ2v) is 6.24. The lowest BCUT2D eigenvalue weighted by Crippen LogP contribution is -2.39. The molecule has 4 nitrogen and oxygen atoms in total. The predicted octanol–water partition coefficient (Wildman–Crippen LogP) is 3.79. The first kappa shape index (κ1) is 16.0. The third-order valence-electron chi connectivity index (χ3n) is 4.53. The molecule has 4 rings (SSSR count). The number of morpholine rings is 1. The Hall–Kier alpha value is -2.50. The van der Waals surface area contributed by atoms with Gasteiger partial charge in [-0.25, -0.2) is 9.37 Å². The fourth-order valence-corrected chi connectivity index (χ4v) is 3.17. The van der Waals surface area contributed by atoms with E-state index in [1.165, 1.54) is 12.1 Å². The Morgan fingerprint density at radius 2 is 1.92 bits per heavy atom. The first-order valence-electron chi connectivity index (χ1n) is 8.46. The van der Waals surface area contributed by atoms with Crippen LogP contribution in [0.25, 0.3) is 11.3 Å². The SMILES string of the molecule is Fc1ccc(CN2CCOC[C@H]2c2ncc(-c3ccccc3)[nH]2)cc1. The summed E-state index contributed by atoms with van der Waals surface area (Å²) in [6.07, 6.45) is 1.87. The van der Waals surface area contributed by atoms with E-state index in [9.17, 15) is 4.39 Å². The number of halogens is 1. The topological polar surface area (TPSA) is 41.1 Å². The van der Waals surface area contributed by atoms with E-state index in [4.69, 9.17) is 4.74 Å². The predicted molar refractivity (Wildman–Crippen MR) is 94.4 cm³/mol. The first-order chi connectivity index (χ1) is 12.3. The number of rotatable bonds is 4. The number of nitrogens with one attached hydrogen (secondary N) is 1. The maximum absolute atomic E-state index is 13.1. The number of hydrogen-bond acceptors (Lipinski definition) is 3. The molecule has 0 amide bonds. The van der Waals surface area contributed by atoms with Gasteiger partial charge >= 0.3 is 0 Å². The molecule has 1 fully saturated rings. The molecule has 1 atom stereocenters. The van der Waals surface area contributed by atoms with Crippen molar-refractivity contribution in [2.24, 2.45) is 0 Å². The highest BCUT2D eigenvalue weighted by molar-refractivity contribution is 5.58. The lowest BCUT2D eigenvalue weighted by atomic mass is 10.1. The maximum atomic E-state index is 13.1. The van der Waals surface area contributed by atoms with E-state index in [0.717, 1.165) is 35.7 Å². The molecule has 2 aromatic carbocycles. The van der Waals surface area contributed by atoms with Gasteiger partial charge in [0, 0.05) is 13.1 Å². The summed E-state index contributed by atoms with van der Waals surface area (Å²) in [5.41, 5.74) is 3.20. The van der Waals surface area contributed by atoms with Crippen LogP contribution in [0.3, 0.4) is 0 Å². The third kappa shape index (κ3) is 3.62. The number of H-pyrrole nitrogens is 1. The van der Waals surface area contributed by atoms with Crippen LogP contribution in [-0.4, -0.2) is 34.6 Å². The van der Waals surface area contributed by atoms with Crippen molar-refractivity contribution in [2.75, 3.05) is 19.8 Å². The van der Waals surface area contributed by atoms with Crippen molar-refractivity contribution in [3.8, 4) is 11.3 Å². The summed E-state index contributed by atoms with van der Waals surface area (Å²) < 4.78 is 18.8. The summed E-state index contributed by atoms with van der Waals surface area (Å²) in [6, 6.07) is 16.9. The molecule has 3 aromatic rings. The second-order valence-electron chi connectivity index (χ2n) is 6.24. The number of benzene rings is 2. The van der Waals surface area contributed by atoms with Crippen LogP contribution in [0.5, 0.6) is 0 Å². The van der Waals surface area contributed by atoms with Crippen molar-refractivity contribution in [2.45, 2.75) is 12.6 Å². The Morgan fingerprint density at radius 3 is 2.72 bits per heavy atom. The smallest absolute Gasteiger partial charge is 0.126 e. The molecule has 0 aliphatic carbocycles. The molecular formula is C20H20FN3O. The molecule has 1 saturated heterocycles. The molecule has 25 heavy (non-hydrogen) atoms. The highest BCUT2D eigenvalue weighted by Crippen LogP contribution is 2.26. The molecule has 1 N–H and O–H groups in total. The van der Waals surface area contributed by atoms with E-state index in [2.05, 4.69) is 27.0 Å². The Balaban J connectivity index is 1.55. The molecule has 1 aromatic heterocycles. The van der Waals surface area contributed by atoms with Crippen molar-refractivity contribution in [1.29, 1.82) is 0 Å². The van der Waals surface area contributed by atoms with E-state index in [1.807, 2.05) is 36.5 Å². The van der Waals surface area contributed by atoms with Crippen LogP contribution in [0.2, 0.25) is 0 Å². The van der Waals surface area contributed by atoms with Crippen molar-refractivity contribution >= 4 is 0 Å². The molecule has 0 radical (unpaired) electrons. The van der Waals surface area contributed by atoms with Gasteiger partial charge < -0.3 is 9.72 Å². The van der Waals surface area contributed by atoms with Crippen molar-refractivity contribution < 1.29 is 9.13 Å². The molecule has 0 unspecified atom stereocenters. The van der Waals surface area contributed by atoms with Gasteiger partial charge in [-0.2, -0.15) is 0 Å². The zero-order valence-electron chi connectivity index (χ0n) is 13.9. The van der Waals surface area contributed by atoms with Gasteiger partial charge in [-0.3, -0.25) is 4.90 Å². The number of aromatic amines is 1. The summed E-state index contributed by atoms with van der Waals surface area (Å²) in [6.45, 7) is 2.87. The molecule has 128 valence electrons. The summed E-state index contributed by atoms with van der Waals surface area (Å²) in [7, 11) is 0. The largest absolute Gasteiger partial charge is 0.378 e. The molecule has 0 bridgehead atoms. The Bertz CT molecular complexity index is 816. The van der Waals surface area contributed by atoms with Gasteiger partial charge in [-0.05, 0) is 23.3 Å². The lowest BCUT2D eigenvalue weighted by Gasteiger charge is -2.34. The van der Waals surface area contributed by atoms with Crippen molar-refractivity contribution in [3.05, 3.63) is 78.0 Å². The van der Waals surface area contributed by atoms with Gasteiger partial charge in [0.2, 0.25) is 0 Å². The maximum Gasteiger partial charge on any atom is 0.126 e. The molecule has 0 spiro atoms. The van der Waals surface area contributed by atoms with Crippen molar-refractivity contribution in [3.63, 3.8) is 0 Å². The Labute approximate surface area is 146 Å². The van der Waals surface area contributed by atoms with E-state index >= 15 is 0 Å². The monoisotopic (exact) mass is 337 g/mol. The minimum atomic E-state index is -0.208. The average Bonchev–Trinajstić information content (AvgIpc) is 3.15. The standard InChI is InChI=1S/C20H20FN3O/c21-17-8-6-15(7-9-17)13-24-10-11-25-14-19(24)20-22-12-18(23-20)16-4-2-1-3-5-16/h1-9,12,19H,10-11,13-14H2,(H,22,23)/t19-/m0/s1. The molecule has 0 saturated carbocycles. The molecule has 2 heterocycles. The van der Waals surface area contributed by atoms with Gasteiger partial charge in [0.05, 0.1) is 31.1 Å². The van der Waals surface area contributed by atoms with Crippen LogP contribution in [-0.2, 0) is 11.3 Å². The molecule has 1 aliphatic heterocycles. The van der Waals surface area contributed by atoms with Crippen molar-refractivity contribution in [1.82, 2.24) is 14.9 Å². The van der Waals surface area contributed by atoms with Crippen LogP contribution in [0.15, 0.2) is 60.8 Å². The van der Waals surface area contributed by atoms with Crippen LogP contribution < -0.4 is 0 Å². The highest BCUT2D eigenvalue weighted by Gasteiger charge is 2.27. The summed E-state index contributed by atoms with van der Waals surface area (Å²) >= 11 is 0. The third-order valence-corrected chi connectivity index (χ3v) is 4.53. The van der Waals surface area contributed by atoms with Gasteiger partial charge in [-0.15, -0.1) is 0 Å². The fourth-order valence-electron chi connectivity index (χ4n) is 3.17. The molecular weight excluding hydrogens is 317 g/mol. The quantitative estimate of drug-likeness (QED) is 0.787. The fraction of sp³-hybridized carbons (Fsp3) is 0.250. The lowest BCUT2D eigenvalue weighted by molar-refractivity contribution is -0.0156. The summed E-state index contributed by atoms with van der Waals surface area (Å²) in [4.78, 5) is 10.3. The number of imidazole rings is 1. The van der Waals surface area contributed by atoms with Crippen LogP contribution in [0.4, 0.5) is 4.39 Å². The van der Waals surface area contributed by atoms with E-state index in [0.29, 0.717) is 13.2 Å². The van der Waals surface area contributed by atoms with E-state index in [1.54, 1.807) is 0 Å². The van der Waals surface area contributed by atoms with Crippen LogP contribution in [0, 0.1) is 5.82 Å². The van der Waals surface area contributed by atoms with Gasteiger partial charge in [0.15, 0.2) is 0 Å². The van der Waals surface area contributed by atoms with Gasteiger partial charge in [0.1, 0.15) is 11.6 Å². The zero-order valence-corrected chi connectivity index (χ0v) is 13.9. The number of ether oxygens (including phenoxy) is 1. The highest BCUT2D eigenvalue weighted by atomic mass is 19.1. The minimum absolute atomic E-state index is 0.0660. The first-order valence-corrected chi connectivity index (χ1v) is 8.46. The average molecular weight is 337 g/mol. The zero-order chi connectivity index (χ0) is 17.1. The number of nitrogens with zero attached hydrogens (tertiary/aromatic N) is 2. The number of aromatic nitrogens is 2. The van der Waals surface area contributed by atoms with Gasteiger partial charge in [0.25, 0.3) is 0 Å². The van der Waals surface area contributed by atoms with Gasteiger partial charge in [-0.1, -0.05) is 42.5 Å². The normalized spacial score (nSPS) is 18.4. The second kappa shape index (κ2) is 7.17. The molecule has 5 heteroatoms. The Morgan fingerprint density at radius 1 is 1.12 bits per heavy atom. The summed E-state index contributed by atoms with van der Waals surface area (Å²) in [5.74, 6) is 0.696. The van der Waals surface area contributed by atoms with E-state index < -0.39 is 0 Å². The number of hydrogen-bond donors (Lipinski definition) is 1.